The summed E-state index contributed by atoms with van der Waals surface area (Å²) in [7, 11) is 3.03. The fourth-order valence-corrected chi connectivity index (χ4v) is 5.41. The van der Waals surface area contributed by atoms with E-state index in [0.717, 1.165) is 5.56 Å². The molecule has 3 N–H and O–H groups in total. The van der Waals surface area contributed by atoms with Gasteiger partial charge in [0.1, 0.15) is 11.5 Å². The maximum absolute atomic E-state index is 13.7. The second-order valence-electron chi connectivity index (χ2n) is 8.70. The van der Waals surface area contributed by atoms with Gasteiger partial charge in [-0.2, -0.15) is 5.26 Å². The van der Waals surface area contributed by atoms with Gasteiger partial charge >= 0.3 is 0 Å². The van der Waals surface area contributed by atoms with E-state index >= 15 is 0 Å². The number of nitrogens with one attached hydrogen (secondary N) is 3. The maximum Gasteiger partial charge on any atom is 0.254 e. The maximum atomic E-state index is 13.7. The second-order valence-corrected chi connectivity index (χ2v) is 10.1. The van der Waals surface area contributed by atoms with Crippen LogP contribution in [0.15, 0.2) is 94.7 Å². The number of nitrogens with zero attached hydrogens (tertiary/aromatic N) is 1. The Kier molecular flexibility index (Phi) is 9.38. The van der Waals surface area contributed by atoms with Crippen molar-refractivity contribution >= 4 is 46.6 Å². The van der Waals surface area contributed by atoms with Gasteiger partial charge in [0, 0.05) is 16.3 Å². The molecule has 2 amide bonds. The van der Waals surface area contributed by atoms with E-state index < -0.39 is 5.92 Å². The molecule has 0 saturated heterocycles. The predicted octanol–water partition coefficient (Wildman–Crippen LogP) is 6.06. The molecule has 0 bridgehead atoms. The predicted molar refractivity (Wildman–Crippen MR) is 158 cm³/mol. The first-order valence-corrected chi connectivity index (χ1v) is 13.6. The number of hydrogen-bond acceptors (Lipinski definition) is 7. The number of allylic oxidation sites excluding steroid dienone is 2. The summed E-state index contributed by atoms with van der Waals surface area (Å²) in [6.07, 6.45) is 0. The SMILES string of the molecule is COc1ccc(Cl)cc1NC(=O)CSC1=C(C#N)[C@H](c2ccccc2)C(C(=O)Nc2ccccc2OC)=C(C)N1. The molecule has 1 atom stereocenters. The minimum Gasteiger partial charge on any atom is -0.495 e. The number of methoxy groups -OCH3 is 2. The Morgan fingerprint density at radius 2 is 1.65 bits per heavy atom. The number of anilines is 2. The smallest absolute Gasteiger partial charge is 0.254 e. The van der Waals surface area contributed by atoms with Crippen LogP contribution in [0.2, 0.25) is 5.02 Å². The highest BCUT2D eigenvalue weighted by Gasteiger charge is 2.35. The molecule has 0 spiro atoms. The van der Waals surface area contributed by atoms with Crippen LogP contribution in [0.1, 0.15) is 18.4 Å². The number of amides is 2. The Labute approximate surface area is 242 Å². The van der Waals surface area contributed by atoms with E-state index in [-0.39, 0.29) is 17.6 Å². The number of benzene rings is 3. The fourth-order valence-electron chi connectivity index (χ4n) is 4.35. The molecule has 8 nitrogen and oxygen atoms in total. The number of ether oxygens (including phenoxy) is 2. The molecule has 3 aromatic rings. The molecule has 0 radical (unpaired) electrons. The molecule has 1 heterocycles. The third-order valence-electron chi connectivity index (χ3n) is 6.16. The number of rotatable bonds is 9. The number of nitriles is 1. The van der Waals surface area contributed by atoms with Crippen LogP contribution in [-0.4, -0.2) is 31.8 Å². The number of carbonyl (C=O) groups is 2. The molecule has 0 aliphatic carbocycles. The van der Waals surface area contributed by atoms with Crippen LogP contribution < -0.4 is 25.4 Å². The van der Waals surface area contributed by atoms with Crippen LogP contribution in [0.25, 0.3) is 0 Å². The van der Waals surface area contributed by atoms with Gasteiger partial charge in [0.2, 0.25) is 5.91 Å². The Morgan fingerprint density at radius 3 is 2.35 bits per heavy atom. The molecule has 1 aliphatic heterocycles. The van der Waals surface area contributed by atoms with Crippen molar-refractivity contribution < 1.29 is 19.1 Å². The largest absolute Gasteiger partial charge is 0.495 e. The summed E-state index contributed by atoms with van der Waals surface area (Å²) in [5.74, 6) is -0.338. The average Bonchev–Trinajstić information content (AvgIpc) is 2.96. The molecule has 204 valence electrons. The van der Waals surface area contributed by atoms with Gasteiger partial charge in [-0.1, -0.05) is 65.8 Å². The molecule has 0 unspecified atom stereocenters. The molecular formula is C30H27ClN4O4S. The third-order valence-corrected chi connectivity index (χ3v) is 7.42. The molecular weight excluding hydrogens is 548 g/mol. The fraction of sp³-hybridized carbons (Fsp3) is 0.167. The van der Waals surface area contributed by atoms with Gasteiger partial charge in [0.05, 0.1) is 53.9 Å². The summed E-state index contributed by atoms with van der Waals surface area (Å²) in [4.78, 5) is 26.5. The van der Waals surface area contributed by atoms with Crippen molar-refractivity contribution in [2.75, 3.05) is 30.6 Å². The summed E-state index contributed by atoms with van der Waals surface area (Å²) < 4.78 is 10.7. The molecule has 1 aliphatic rings. The Hall–Kier alpha value is -4.39. The van der Waals surface area contributed by atoms with Crippen molar-refractivity contribution in [3.05, 3.63) is 105 Å². The zero-order valence-electron chi connectivity index (χ0n) is 22.1. The van der Waals surface area contributed by atoms with E-state index in [1.807, 2.05) is 36.4 Å². The van der Waals surface area contributed by atoms with Gasteiger partial charge in [-0.15, -0.1) is 0 Å². The van der Waals surface area contributed by atoms with Crippen LogP contribution in [0, 0.1) is 11.3 Å². The lowest BCUT2D eigenvalue weighted by molar-refractivity contribution is -0.114. The number of dihydropyridines is 1. The minimum absolute atomic E-state index is 0.000709. The quantitative estimate of drug-likeness (QED) is 0.284. The first-order chi connectivity index (χ1) is 19.4. The Morgan fingerprint density at radius 1 is 0.975 bits per heavy atom. The lowest BCUT2D eigenvalue weighted by Crippen LogP contribution is -2.31. The van der Waals surface area contributed by atoms with E-state index in [1.165, 1.54) is 26.0 Å². The van der Waals surface area contributed by atoms with E-state index in [1.54, 1.807) is 43.3 Å². The highest BCUT2D eigenvalue weighted by Crippen LogP contribution is 2.41. The van der Waals surface area contributed by atoms with Gasteiger partial charge in [-0.05, 0) is 42.8 Å². The number of para-hydroxylation sites is 2. The highest BCUT2D eigenvalue weighted by atomic mass is 35.5. The van der Waals surface area contributed by atoms with E-state index in [0.29, 0.717) is 49.8 Å². The molecule has 40 heavy (non-hydrogen) atoms. The molecule has 3 aromatic carbocycles. The summed E-state index contributed by atoms with van der Waals surface area (Å²) >= 11 is 7.26. The van der Waals surface area contributed by atoms with Crippen molar-refractivity contribution in [3.63, 3.8) is 0 Å². The zero-order chi connectivity index (χ0) is 28.6. The van der Waals surface area contributed by atoms with Crippen molar-refractivity contribution in [2.45, 2.75) is 12.8 Å². The summed E-state index contributed by atoms with van der Waals surface area (Å²) in [5.41, 5.74) is 3.03. The monoisotopic (exact) mass is 574 g/mol. The lowest BCUT2D eigenvalue weighted by Gasteiger charge is -2.30. The molecule has 10 heteroatoms. The van der Waals surface area contributed by atoms with Crippen molar-refractivity contribution in [1.29, 1.82) is 5.26 Å². The summed E-state index contributed by atoms with van der Waals surface area (Å²) in [6, 6.07) is 23.7. The van der Waals surface area contributed by atoms with Crippen molar-refractivity contribution in [2.24, 2.45) is 0 Å². The van der Waals surface area contributed by atoms with Crippen LogP contribution in [0.5, 0.6) is 11.5 Å². The molecule has 0 fully saturated rings. The van der Waals surface area contributed by atoms with Gasteiger partial charge < -0.3 is 25.4 Å². The molecule has 0 aromatic heterocycles. The van der Waals surface area contributed by atoms with Gasteiger partial charge in [-0.3, -0.25) is 9.59 Å². The van der Waals surface area contributed by atoms with Gasteiger partial charge in [-0.25, -0.2) is 0 Å². The minimum atomic E-state index is -0.652. The molecule has 4 rings (SSSR count). The average molecular weight is 575 g/mol. The first-order valence-electron chi connectivity index (χ1n) is 12.2. The van der Waals surface area contributed by atoms with Gasteiger partial charge in [0.25, 0.3) is 5.91 Å². The molecule has 0 saturated carbocycles. The van der Waals surface area contributed by atoms with E-state index in [4.69, 9.17) is 21.1 Å². The topological polar surface area (TPSA) is 112 Å². The van der Waals surface area contributed by atoms with Crippen LogP contribution in [-0.2, 0) is 9.59 Å². The summed E-state index contributed by atoms with van der Waals surface area (Å²) in [5, 5.41) is 20.2. The van der Waals surface area contributed by atoms with Crippen molar-refractivity contribution in [1.82, 2.24) is 5.32 Å². The van der Waals surface area contributed by atoms with Crippen LogP contribution >= 0.6 is 23.4 Å². The highest BCUT2D eigenvalue weighted by molar-refractivity contribution is 8.03. The van der Waals surface area contributed by atoms with Crippen LogP contribution in [0.4, 0.5) is 11.4 Å². The number of hydrogen-bond donors (Lipinski definition) is 3. The standard InChI is InChI=1S/C30H27ClN4O4S/c1-18-27(29(37)35-22-11-7-8-12-24(22)38-2)28(19-9-5-4-6-10-19)21(16-32)30(33-18)40-17-26(36)34-23-15-20(31)13-14-25(23)39-3/h4-15,28,33H,17H2,1-3H3,(H,34,36)(H,35,37)/t28-/m0/s1. The third kappa shape index (κ3) is 6.42. The van der Waals surface area contributed by atoms with E-state index in [9.17, 15) is 14.9 Å². The van der Waals surface area contributed by atoms with E-state index in [2.05, 4.69) is 22.0 Å². The Bertz CT molecular complexity index is 1530. The first kappa shape index (κ1) is 28.6. The summed E-state index contributed by atoms with van der Waals surface area (Å²) in [6.45, 7) is 1.78. The Balaban J connectivity index is 1.62. The number of carbonyl (C=O) groups excluding carboxylic acids is 2. The second kappa shape index (κ2) is 13.1. The number of halogens is 1. The normalized spacial score (nSPS) is 14.6. The van der Waals surface area contributed by atoms with Gasteiger partial charge in [0.15, 0.2) is 0 Å². The zero-order valence-corrected chi connectivity index (χ0v) is 23.7. The van der Waals surface area contributed by atoms with Crippen molar-refractivity contribution in [3.8, 4) is 17.6 Å². The van der Waals surface area contributed by atoms with Crippen LogP contribution in [0.3, 0.4) is 0 Å². The number of thioether (sulfide) groups is 1. The lowest BCUT2D eigenvalue weighted by atomic mass is 9.82.